The van der Waals surface area contributed by atoms with Gasteiger partial charge in [0.05, 0.1) is 14.2 Å². The Morgan fingerprint density at radius 1 is 1.03 bits per heavy atom. The van der Waals surface area contributed by atoms with Gasteiger partial charge in [-0.3, -0.25) is 4.90 Å². The predicted octanol–water partition coefficient (Wildman–Crippen LogP) is 5.83. The molecule has 5 rings (SSSR count). The molecule has 1 aromatic carbocycles. The zero-order chi connectivity index (χ0) is 21.9. The van der Waals surface area contributed by atoms with Crippen molar-refractivity contribution >= 4 is 11.3 Å². The van der Waals surface area contributed by atoms with Crippen molar-refractivity contribution in [3.8, 4) is 21.9 Å². The van der Waals surface area contributed by atoms with Gasteiger partial charge in [-0.05, 0) is 48.7 Å². The molecule has 0 atom stereocenters. The molecule has 2 aliphatic rings. The molecule has 0 spiro atoms. The molecule has 6 heteroatoms. The Hall–Kier alpha value is -2.44. The number of rotatable bonds is 6. The summed E-state index contributed by atoms with van der Waals surface area (Å²) >= 11 is 1.85. The lowest BCUT2D eigenvalue weighted by Gasteiger charge is -2.28. The highest BCUT2D eigenvalue weighted by Crippen LogP contribution is 2.36. The van der Waals surface area contributed by atoms with E-state index in [-0.39, 0.29) is 0 Å². The molecule has 0 unspecified atom stereocenters. The van der Waals surface area contributed by atoms with Gasteiger partial charge < -0.3 is 9.47 Å². The summed E-state index contributed by atoms with van der Waals surface area (Å²) in [6.07, 6.45) is 9.65. The molecule has 1 fully saturated rings. The summed E-state index contributed by atoms with van der Waals surface area (Å²) in [5.41, 5.74) is 3.73. The predicted molar refractivity (Wildman–Crippen MR) is 129 cm³/mol. The summed E-state index contributed by atoms with van der Waals surface area (Å²) in [5.74, 6) is 3.19. The van der Waals surface area contributed by atoms with E-state index in [9.17, 15) is 0 Å². The zero-order valence-corrected chi connectivity index (χ0v) is 19.8. The number of aromatic nitrogens is 2. The number of thiophene rings is 1. The summed E-state index contributed by atoms with van der Waals surface area (Å²) in [7, 11) is 3.34. The Balaban J connectivity index is 1.25. The Kier molecular flexibility index (Phi) is 6.42. The van der Waals surface area contributed by atoms with Crippen LogP contribution in [0.4, 0.5) is 0 Å². The van der Waals surface area contributed by atoms with Gasteiger partial charge in [0.25, 0.3) is 0 Å². The Morgan fingerprint density at radius 2 is 1.88 bits per heavy atom. The highest BCUT2D eigenvalue weighted by Gasteiger charge is 2.23. The van der Waals surface area contributed by atoms with E-state index in [1.165, 1.54) is 53.1 Å². The first-order valence-electron chi connectivity index (χ1n) is 11.6. The normalized spacial score (nSPS) is 17.2. The van der Waals surface area contributed by atoms with Gasteiger partial charge >= 0.3 is 0 Å². The topological polar surface area (TPSA) is 47.5 Å². The molecule has 0 bridgehead atoms. The van der Waals surface area contributed by atoms with Crippen molar-refractivity contribution in [1.82, 2.24) is 14.9 Å². The first-order chi connectivity index (χ1) is 15.7. The van der Waals surface area contributed by atoms with Crippen molar-refractivity contribution in [3.05, 3.63) is 58.5 Å². The van der Waals surface area contributed by atoms with E-state index >= 15 is 0 Å². The van der Waals surface area contributed by atoms with Crippen molar-refractivity contribution in [2.24, 2.45) is 0 Å². The van der Waals surface area contributed by atoms with E-state index in [2.05, 4.69) is 29.3 Å². The minimum atomic E-state index is 0.577. The fourth-order valence-corrected chi connectivity index (χ4v) is 5.96. The molecule has 32 heavy (non-hydrogen) atoms. The van der Waals surface area contributed by atoms with Crippen LogP contribution in [0.2, 0.25) is 0 Å². The van der Waals surface area contributed by atoms with Crippen molar-refractivity contribution in [2.75, 3.05) is 20.8 Å². The third-order valence-corrected chi connectivity index (χ3v) is 7.83. The average Bonchev–Trinajstić information content (AvgIpc) is 3.32. The molecule has 5 nitrogen and oxygen atoms in total. The minimum Gasteiger partial charge on any atom is -0.493 e. The second-order valence-electron chi connectivity index (χ2n) is 8.83. The van der Waals surface area contributed by atoms with E-state index in [1.54, 1.807) is 14.2 Å². The van der Waals surface area contributed by atoms with Crippen LogP contribution in [0.25, 0.3) is 10.4 Å². The summed E-state index contributed by atoms with van der Waals surface area (Å²) < 4.78 is 10.8. The van der Waals surface area contributed by atoms with Gasteiger partial charge in [0.1, 0.15) is 5.82 Å². The van der Waals surface area contributed by atoms with E-state index in [0.29, 0.717) is 5.92 Å². The molecule has 0 radical (unpaired) electrons. The van der Waals surface area contributed by atoms with Gasteiger partial charge in [0, 0.05) is 59.2 Å². The molecule has 0 saturated heterocycles. The fourth-order valence-electron chi connectivity index (χ4n) is 4.91. The van der Waals surface area contributed by atoms with Crippen molar-refractivity contribution in [2.45, 2.75) is 57.5 Å². The Labute approximate surface area is 194 Å². The monoisotopic (exact) mass is 449 g/mol. The van der Waals surface area contributed by atoms with Crippen molar-refractivity contribution < 1.29 is 9.47 Å². The number of methoxy groups -OCH3 is 2. The van der Waals surface area contributed by atoms with Gasteiger partial charge in [-0.2, -0.15) is 0 Å². The maximum Gasteiger partial charge on any atom is 0.161 e. The van der Waals surface area contributed by atoms with Gasteiger partial charge in [-0.1, -0.05) is 19.3 Å². The SMILES string of the molecule is COc1ccc(-c2ccc(CN3CCc4nc(C5CCCCC5)ncc4C3)s2)cc1OC. The smallest absolute Gasteiger partial charge is 0.161 e. The van der Waals surface area contributed by atoms with Crippen LogP contribution < -0.4 is 9.47 Å². The Bertz CT molecular complexity index is 1070. The molecule has 0 amide bonds. The lowest BCUT2D eigenvalue weighted by molar-refractivity contribution is 0.244. The van der Waals surface area contributed by atoms with Gasteiger partial charge in [0.15, 0.2) is 11.5 Å². The van der Waals surface area contributed by atoms with Gasteiger partial charge in [-0.15, -0.1) is 11.3 Å². The van der Waals surface area contributed by atoms with E-state index < -0.39 is 0 Å². The quantitative estimate of drug-likeness (QED) is 0.474. The third kappa shape index (κ3) is 4.52. The maximum atomic E-state index is 5.47. The van der Waals surface area contributed by atoms with E-state index in [4.69, 9.17) is 19.4 Å². The number of benzene rings is 1. The maximum absolute atomic E-state index is 5.47. The molecule has 168 valence electrons. The lowest BCUT2D eigenvalue weighted by Crippen LogP contribution is -2.31. The summed E-state index contributed by atoms with van der Waals surface area (Å²) in [6.45, 7) is 2.95. The summed E-state index contributed by atoms with van der Waals surface area (Å²) in [5, 5.41) is 0. The molecule has 1 aliphatic carbocycles. The third-order valence-electron chi connectivity index (χ3n) is 6.71. The van der Waals surface area contributed by atoms with Crippen molar-refractivity contribution in [3.63, 3.8) is 0 Å². The average molecular weight is 450 g/mol. The van der Waals surface area contributed by atoms with Crippen molar-refractivity contribution in [1.29, 1.82) is 0 Å². The Morgan fingerprint density at radius 3 is 2.69 bits per heavy atom. The van der Waals surface area contributed by atoms with E-state index in [1.807, 2.05) is 23.5 Å². The second-order valence-corrected chi connectivity index (χ2v) is 10.00. The highest BCUT2D eigenvalue weighted by atomic mass is 32.1. The summed E-state index contributed by atoms with van der Waals surface area (Å²) in [4.78, 5) is 14.9. The van der Waals surface area contributed by atoms with Crippen LogP contribution in [0.3, 0.4) is 0 Å². The first kappa shape index (κ1) is 21.4. The molecule has 1 aliphatic heterocycles. The highest BCUT2D eigenvalue weighted by molar-refractivity contribution is 7.15. The molecule has 1 saturated carbocycles. The molecule has 2 aromatic heterocycles. The van der Waals surface area contributed by atoms with Crippen LogP contribution in [0.5, 0.6) is 11.5 Å². The van der Waals surface area contributed by atoms with Crippen LogP contribution in [-0.2, 0) is 19.5 Å². The molecule has 0 N–H and O–H groups in total. The summed E-state index contributed by atoms with van der Waals surface area (Å²) in [6, 6.07) is 10.6. The number of hydrogen-bond acceptors (Lipinski definition) is 6. The number of hydrogen-bond donors (Lipinski definition) is 0. The molecule has 3 heterocycles. The van der Waals surface area contributed by atoms with Crippen LogP contribution in [0, 0.1) is 0 Å². The molecule has 3 aromatic rings. The molecular weight excluding hydrogens is 418 g/mol. The number of ether oxygens (including phenoxy) is 2. The van der Waals surface area contributed by atoms with Gasteiger partial charge in [-0.25, -0.2) is 9.97 Å². The number of fused-ring (bicyclic) bond motifs is 1. The lowest BCUT2D eigenvalue weighted by atomic mass is 9.88. The van der Waals surface area contributed by atoms with Gasteiger partial charge in [0.2, 0.25) is 0 Å². The van der Waals surface area contributed by atoms with Crippen LogP contribution >= 0.6 is 11.3 Å². The van der Waals surface area contributed by atoms with E-state index in [0.717, 1.165) is 48.9 Å². The standard InChI is InChI=1S/C26H31N3O2S/c1-30-23-10-8-19(14-24(23)31-2)25-11-9-21(32-25)17-29-13-12-22-20(16-29)15-27-26(28-22)18-6-4-3-5-7-18/h8-11,14-15,18H,3-7,12-13,16-17H2,1-2H3. The van der Waals surface area contributed by atoms with Crippen LogP contribution in [0.15, 0.2) is 36.5 Å². The number of nitrogens with zero attached hydrogens (tertiary/aromatic N) is 3. The van der Waals surface area contributed by atoms with Crippen LogP contribution in [0.1, 0.15) is 60.0 Å². The van der Waals surface area contributed by atoms with Crippen LogP contribution in [-0.4, -0.2) is 35.6 Å². The fraction of sp³-hybridized carbons (Fsp3) is 0.462. The minimum absolute atomic E-state index is 0.577. The first-order valence-corrected chi connectivity index (χ1v) is 12.4. The largest absolute Gasteiger partial charge is 0.493 e. The molecular formula is C26H31N3O2S. The zero-order valence-electron chi connectivity index (χ0n) is 19.0. The second kappa shape index (κ2) is 9.59.